The quantitative estimate of drug-likeness (QED) is 0.390. The van der Waals surface area contributed by atoms with Crippen molar-refractivity contribution in [3.05, 3.63) is 54.1 Å². The number of carbonyl (C=O) groups excluding carboxylic acids is 1. The predicted octanol–water partition coefficient (Wildman–Crippen LogP) is 5.91. The summed E-state index contributed by atoms with van der Waals surface area (Å²) in [4.78, 5) is 26.9. The minimum absolute atomic E-state index is 0.0162. The van der Waals surface area contributed by atoms with Gasteiger partial charge in [-0.3, -0.25) is 4.79 Å². The van der Waals surface area contributed by atoms with E-state index in [0.717, 1.165) is 25.7 Å². The maximum Gasteiger partial charge on any atom is 0.337 e. The second kappa shape index (κ2) is 9.61. The van der Waals surface area contributed by atoms with Crippen molar-refractivity contribution in [1.82, 2.24) is 0 Å². The Hall–Kier alpha value is -2.09. The van der Waals surface area contributed by atoms with Gasteiger partial charge in [-0.1, -0.05) is 40.8 Å². The molecule has 1 saturated carbocycles. The Kier molecular flexibility index (Phi) is 7.16. The van der Waals surface area contributed by atoms with E-state index in [1.807, 2.05) is 44.2 Å². The van der Waals surface area contributed by atoms with Crippen LogP contribution in [0.15, 0.2) is 48.5 Å². The number of amides is 1. The van der Waals surface area contributed by atoms with E-state index in [1.54, 1.807) is 17.0 Å². The van der Waals surface area contributed by atoms with Crippen molar-refractivity contribution < 1.29 is 19.4 Å². The van der Waals surface area contributed by atoms with Crippen molar-refractivity contribution >= 4 is 40.2 Å². The van der Waals surface area contributed by atoms with Crippen molar-refractivity contribution in [3.8, 4) is 11.5 Å². The number of aromatic carboxylic acids is 1. The van der Waals surface area contributed by atoms with Crippen LogP contribution >= 0.6 is 22.6 Å². The van der Waals surface area contributed by atoms with E-state index in [4.69, 9.17) is 4.74 Å². The highest BCUT2D eigenvalue weighted by molar-refractivity contribution is 14.1. The van der Waals surface area contributed by atoms with Gasteiger partial charge in [-0.2, -0.15) is 0 Å². The molecule has 1 N–H and O–H groups in total. The molecule has 1 aliphatic rings. The maximum atomic E-state index is 13.3. The lowest BCUT2D eigenvalue weighted by atomic mass is 9.87. The van der Waals surface area contributed by atoms with Crippen LogP contribution in [0.3, 0.4) is 0 Å². The molecule has 0 radical (unpaired) electrons. The summed E-state index contributed by atoms with van der Waals surface area (Å²) in [7, 11) is 0. The van der Waals surface area contributed by atoms with Crippen LogP contribution in [-0.2, 0) is 4.79 Å². The van der Waals surface area contributed by atoms with Crippen LogP contribution in [0.5, 0.6) is 11.5 Å². The zero-order valence-electron chi connectivity index (χ0n) is 16.7. The molecule has 1 aliphatic carbocycles. The van der Waals surface area contributed by atoms with Gasteiger partial charge in [0.2, 0.25) is 5.91 Å². The number of nitrogens with zero attached hydrogens (tertiary/aromatic N) is 1. The van der Waals surface area contributed by atoms with Gasteiger partial charge in [-0.05, 0) is 69.9 Å². The molecule has 29 heavy (non-hydrogen) atoms. The van der Waals surface area contributed by atoms with Crippen LogP contribution in [0.1, 0.15) is 49.9 Å². The molecule has 0 saturated heterocycles. The molecular weight excluding hydrogens is 481 g/mol. The van der Waals surface area contributed by atoms with Crippen molar-refractivity contribution in [2.45, 2.75) is 49.5 Å². The number of alkyl halides is 1. The molecule has 0 unspecified atom stereocenters. The van der Waals surface area contributed by atoms with Crippen LogP contribution in [0.4, 0.5) is 5.69 Å². The van der Waals surface area contributed by atoms with Gasteiger partial charge in [0, 0.05) is 15.9 Å². The highest BCUT2D eigenvalue weighted by atomic mass is 127. The number of carboxylic acid groups (broad SMARTS) is 1. The van der Waals surface area contributed by atoms with Crippen LogP contribution in [0, 0.1) is 5.92 Å². The number of rotatable bonds is 6. The topological polar surface area (TPSA) is 66.8 Å². The predicted molar refractivity (Wildman–Crippen MR) is 122 cm³/mol. The maximum absolute atomic E-state index is 13.3. The molecule has 1 fully saturated rings. The summed E-state index contributed by atoms with van der Waals surface area (Å²) in [6.45, 7) is 3.84. The molecule has 0 atom stereocenters. The zero-order chi connectivity index (χ0) is 21.0. The Morgan fingerprint density at radius 3 is 2.28 bits per heavy atom. The summed E-state index contributed by atoms with van der Waals surface area (Å²) in [5.74, 6) is -0.0522. The van der Waals surface area contributed by atoms with Crippen LogP contribution in [0.25, 0.3) is 0 Å². The fourth-order valence-corrected chi connectivity index (χ4v) is 4.45. The molecule has 0 aliphatic heterocycles. The first kappa shape index (κ1) is 21.6. The molecule has 154 valence electrons. The first-order chi connectivity index (χ1) is 13.9. The second-order valence-corrected chi connectivity index (χ2v) is 9.41. The number of carboxylic acids is 1. The number of hydrogen-bond donors (Lipinski definition) is 1. The Morgan fingerprint density at radius 1 is 1.03 bits per heavy atom. The third-order valence-electron chi connectivity index (χ3n) is 5.20. The average molecular weight is 507 g/mol. The van der Waals surface area contributed by atoms with E-state index in [2.05, 4.69) is 22.6 Å². The smallest absolute Gasteiger partial charge is 0.337 e. The molecule has 0 aromatic heterocycles. The van der Waals surface area contributed by atoms with Crippen molar-refractivity contribution in [2.24, 2.45) is 5.92 Å². The summed E-state index contributed by atoms with van der Waals surface area (Å²) >= 11 is 2.44. The lowest BCUT2D eigenvalue weighted by molar-refractivity contribution is -0.123. The molecule has 1 amide bonds. The number of carbonyl (C=O) groups is 2. The summed E-state index contributed by atoms with van der Waals surface area (Å²) in [5, 5.41) is 9.82. The SMILES string of the molecule is CC(C)N(c1ccc(Oc2ccccc2)cc1C(=O)O)C(=O)[C@H]1CC[C@H](I)CC1. The van der Waals surface area contributed by atoms with Gasteiger partial charge in [0.05, 0.1) is 11.3 Å². The number of halogens is 1. The van der Waals surface area contributed by atoms with Gasteiger partial charge < -0.3 is 14.7 Å². The lowest BCUT2D eigenvalue weighted by Crippen LogP contribution is -2.43. The second-order valence-electron chi connectivity index (χ2n) is 7.65. The number of hydrogen-bond acceptors (Lipinski definition) is 3. The minimum atomic E-state index is -1.08. The van der Waals surface area contributed by atoms with Crippen molar-refractivity contribution in [2.75, 3.05) is 4.90 Å². The van der Waals surface area contributed by atoms with Gasteiger partial charge in [0.15, 0.2) is 0 Å². The van der Waals surface area contributed by atoms with E-state index in [1.165, 1.54) is 6.07 Å². The van der Waals surface area contributed by atoms with E-state index < -0.39 is 5.97 Å². The first-order valence-corrected chi connectivity index (χ1v) is 11.2. The first-order valence-electron chi connectivity index (χ1n) is 9.94. The van der Waals surface area contributed by atoms with Crippen molar-refractivity contribution in [3.63, 3.8) is 0 Å². The summed E-state index contributed by atoms with van der Waals surface area (Å²) in [6.07, 6.45) is 3.76. The van der Waals surface area contributed by atoms with E-state index in [9.17, 15) is 14.7 Å². The zero-order valence-corrected chi connectivity index (χ0v) is 18.8. The number of benzene rings is 2. The molecule has 2 aromatic rings. The normalized spacial score (nSPS) is 19.0. The fourth-order valence-electron chi connectivity index (χ4n) is 3.73. The molecule has 5 nitrogen and oxygen atoms in total. The molecule has 3 rings (SSSR count). The Labute approximate surface area is 185 Å². The monoisotopic (exact) mass is 507 g/mol. The number of ether oxygens (including phenoxy) is 1. The molecule has 2 aromatic carbocycles. The lowest BCUT2D eigenvalue weighted by Gasteiger charge is -2.34. The minimum Gasteiger partial charge on any atom is -0.478 e. The van der Waals surface area contributed by atoms with Gasteiger partial charge in [0.1, 0.15) is 11.5 Å². The Balaban J connectivity index is 1.91. The third-order valence-corrected chi connectivity index (χ3v) is 6.44. The summed E-state index contributed by atoms with van der Waals surface area (Å²) in [5.41, 5.74) is 0.498. The largest absolute Gasteiger partial charge is 0.478 e. The molecule has 0 heterocycles. The van der Waals surface area contributed by atoms with Gasteiger partial charge in [-0.25, -0.2) is 4.79 Å². The molecule has 0 spiro atoms. The fraction of sp³-hybridized carbons (Fsp3) is 0.391. The van der Waals surface area contributed by atoms with Crippen LogP contribution in [-0.4, -0.2) is 26.9 Å². The summed E-state index contributed by atoms with van der Waals surface area (Å²) in [6, 6.07) is 14.0. The van der Waals surface area contributed by atoms with Crippen molar-refractivity contribution in [1.29, 1.82) is 0 Å². The van der Waals surface area contributed by atoms with E-state index >= 15 is 0 Å². The number of anilines is 1. The third kappa shape index (κ3) is 5.29. The van der Waals surface area contributed by atoms with Gasteiger partial charge in [0.25, 0.3) is 0 Å². The van der Waals surface area contributed by atoms with Crippen LogP contribution in [0.2, 0.25) is 0 Å². The average Bonchev–Trinajstić information content (AvgIpc) is 2.70. The standard InChI is InChI=1S/C23H26INO4/c1-15(2)25(22(26)16-8-10-17(24)11-9-16)21-13-12-19(14-20(21)23(27)28)29-18-6-4-3-5-7-18/h3-7,12-17H,8-11H2,1-2H3,(H,27,28)/t16-,17-. The van der Waals surface area contributed by atoms with E-state index in [-0.39, 0.29) is 23.4 Å². The van der Waals surface area contributed by atoms with Gasteiger partial charge in [-0.15, -0.1) is 0 Å². The van der Waals surface area contributed by atoms with Crippen LogP contribution < -0.4 is 9.64 Å². The van der Waals surface area contributed by atoms with E-state index in [0.29, 0.717) is 21.1 Å². The Bertz CT molecular complexity index is 860. The summed E-state index contributed by atoms with van der Waals surface area (Å²) < 4.78 is 6.40. The molecule has 6 heteroatoms. The van der Waals surface area contributed by atoms with Gasteiger partial charge >= 0.3 is 5.97 Å². The highest BCUT2D eigenvalue weighted by Gasteiger charge is 2.32. The highest BCUT2D eigenvalue weighted by Crippen LogP contribution is 2.35. The molecule has 0 bridgehead atoms. The number of para-hydroxylation sites is 1. The Morgan fingerprint density at radius 2 is 1.69 bits per heavy atom. The molecular formula is C23H26INO4.